The van der Waals surface area contributed by atoms with Gasteiger partial charge in [0.15, 0.2) is 0 Å². The lowest BCUT2D eigenvalue weighted by molar-refractivity contribution is 0.0933. The van der Waals surface area contributed by atoms with Crippen LogP contribution in [0.4, 0.5) is 4.39 Å². The van der Waals surface area contributed by atoms with Crippen LogP contribution >= 0.6 is 0 Å². The topological polar surface area (TPSA) is 32.3 Å². The Morgan fingerprint density at radius 2 is 1.62 bits per heavy atom. The molecule has 0 radical (unpaired) electrons. The molecule has 2 aromatic carbocycles. The average Bonchev–Trinajstić information content (AvgIpc) is 2.93. The number of aryl methyl sites for hydroxylation is 1. The van der Waals surface area contributed by atoms with Gasteiger partial charge in [-0.15, -0.1) is 0 Å². The number of halogens is 1. The molecule has 0 unspecified atom stereocenters. The molecular formula is C22H27FN2O. The zero-order chi connectivity index (χ0) is 18.4. The predicted octanol–water partition coefficient (Wildman–Crippen LogP) is 4.48. The molecule has 1 heterocycles. The van der Waals surface area contributed by atoms with Gasteiger partial charge in [-0.3, -0.25) is 9.69 Å². The number of amides is 1. The van der Waals surface area contributed by atoms with Crippen molar-refractivity contribution >= 4 is 5.91 Å². The molecule has 2 aromatic rings. The van der Waals surface area contributed by atoms with E-state index in [9.17, 15) is 9.18 Å². The smallest absolute Gasteiger partial charge is 0.251 e. The maximum atomic E-state index is 13.1. The van der Waals surface area contributed by atoms with E-state index in [1.54, 1.807) is 0 Å². The van der Waals surface area contributed by atoms with Crippen molar-refractivity contribution in [3.63, 3.8) is 0 Å². The third kappa shape index (κ3) is 4.92. The molecule has 0 aliphatic carbocycles. The fourth-order valence-corrected chi connectivity index (χ4v) is 3.55. The maximum Gasteiger partial charge on any atom is 0.251 e. The van der Waals surface area contributed by atoms with Crippen LogP contribution in [0.25, 0.3) is 0 Å². The first-order valence-electron chi connectivity index (χ1n) is 9.48. The van der Waals surface area contributed by atoms with Crippen LogP contribution in [0.2, 0.25) is 0 Å². The van der Waals surface area contributed by atoms with Crippen LogP contribution in [-0.2, 0) is 0 Å². The molecule has 3 rings (SSSR count). The van der Waals surface area contributed by atoms with Crippen molar-refractivity contribution in [2.45, 2.75) is 38.6 Å². The molecule has 0 bridgehead atoms. The molecule has 1 atom stereocenters. The highest BCUT2D eigenvalue weighted by atomic mass is 19.1. The van der Waals surface area contributed by atoms with E-state index in [-0.39, 0.29) is 17.8 Å². The first kappa shape index (κ1) is 18.6. The van der Waals surface area contributed by atoms with E-state index in [0.29, 0.717) is 12.1 Å². The standard InChI is InChI=1S/C22H27FN2O/c1-17-6-8-18(9-7-17)21(25-14-4-2-3-5-15-25)16-24-22(26)19-10-12-20(23)13-11-19/h6-13,21H,2-5,14-16H2,1H3,(H,24,26)/t21-/m0/s1. The van der Waals surface area contributed by atoms with Crippen molar-refractivity contribution in [2.75, 3.05) is 19.6 Å². The molecule has 1 aliphatic rings. The van der Waals surface area contributed by atoms with E-state index in [4.69, 9.17) is 0 Å². The Kier molecular flexibility index (Phi) is 6.40. The number of nitrogens with one attached hydrogen (secondary N) is 1. The monoisotopic (exact) mass is 354 g/mol. The zero-order valence-corrected chi connectivity index (χ0v) is 15.4. The highest BCUT2D eigenvalue weighted by molar-refractivity contribution is 5.94. The van der Waals surface area contributed by atoms with Crippen molar-refractivity contribution in [3.05, 3.63) is 71.0 Å². The number of likely N-dealkylation sites (tertiary alicyclic amines) is 1. The van der Waals surface area contributed by atoms with E-state index in [1.807, 2.05) is 0 Å². The lowest BCUT2D eigenvalue weighted by atomic mass is 10.0. The molecule has 0 aromatic heterocycles. The van der Waals surface area contributed by atoms with Crippen molar-refractivity contribution in [2.24, 2.45) is 0 Å². The molecule has 0 spiro atoms. The van der Waals surface area contributed by atoms with Crippen molar-refractivity contribution in [3.8, 4) is 0 Å². The summed E-state index contributed by atoms with van der Waals surface area (Å²) in [7, 11) is 0. The van der Waals surface area contributed by atoms with Gasteiger partial charge in [0.2, 0.25) is 0 Å². The van der Waals surface area contributed by atoms with Gasteiger partial charge >= 0.3 is 0 Å². The summed E-state index contributed by atoms with van der Waals surface area (Å²) in [6.45, 7) is 4.76. The van der Waals surface area contributed by atoms with Crippen LogP contribution in [0.1, 0.15) is 53.2 Å². The van der Waals surface area contributed by atoms with E-state index in [1.165, 1.54) is 61.1 Å². The molecule has 1 amide bonds. The van der Waals surface area contributed by atoms with Gasteiger partial charge in [0, 0.05) is 12.1 Å². The van der Waals surface area contributed by atoms with Gasteiger partial charge in [-0.2, -0.15) is 0 Å². The van der Waals surface area contributed by atoms with Gasteiger partial charge < -0.3 is 5.32 Å². The van der Waals surface area contributed by atoms with Gasteiger partial charge in [0.05, 0.1) is 6.04 Å². The Morgan fingerprint density at radius 1 is 1.00 bits per heavy atom. The van der Waals surface area contributed by atoms with Gasteiger partial charge in [-0.1, -0.05) is 42.7 Å². The summed E-state index contributed by atoms with van der Waals surface area (Å²) >= 11 is 0. The highest BCUT2D eigenvalue weighted by Gasteiger charge is 2.22. The van der Waals surface area contributed by atoms with Crippen LogP contribution in [-0.4, -0.2) is 30.4 Å². The number of carbonyl (C=O) groups is 1. The minimum Gasteiger partial charge on any atom is -0.350 e. The van der Waals surface area contributed by atoms with Gasteiger partial charge in [0.1, 0.15) is 5.82 Å². The van der Waals surface area contributed by atoms with Crippen LogP contribution < -0.4 is 5.32 Å². The van der Waals surface area contributed by atoms with Crippen LogP contribution in [0.15, 0.2) is 48.5 Å². The quantitative estimate of drug-likeness (QED) is 0.858. The molecule has 1 fully saturated rings. The summed E-state index contributed by atoms with van der Waals surface area (Å²) in [5.74, 6) is -0.486. The molecular weight excluding hydrogens is 327 g/mol. The highest BCUT2D eigenvalue weighted by Crippen LogP contribution is 2.24. The van der Waals surface area contributed by atoms with Crippen molar-refractivity contribution in [1.82, 2.24) is 10.2 Å². The first-order chi connectivity index (χ1) is 12.6. The zero-order valence-electron chi connectivity index (χ0n) is 15.4. The molecule has 3 nitrogen and oxygen atoms in total. The van der Waals surface area contributed by atoms with E-state index in [0.717, 1.165) is 13.1 Å². The summed E-state index contributed by atoms with van der Waals surface area (Å²) in [6.07, 6.45) is 4.96. The SMILES string of the molecule is Cc1ccc([C@H](CNC(=O)c2ccc(F)cc2)N2CCCCCC2)cc1. The normalized spacial score (nSPS) is 16.7. The van der Waals surface area contributed by atoms with Crippen molar-refractivity contribution < 1.29 is 9.18 Å². The summed E-state index contributed by atoms with van der Waals surface area (Å²) < 4.78 is 13.1. The average molecular weight is 354 g/mol. The molecule has 1 N–H and O–H groups in total. The number of hydrogen-bond donors (Lipinski definition) is 1. The summed E-state index contributed by atoms with van der Waals surface area (Å²) in [6, 6.07) is 14.4. The minimum absolute atomic E-state index is 0.156. The van der Waals surface area contributed by atoms with Crippen LogP contribution in [0.3, 0.4) is 0 Å². The fraction of sp³-hybridized carbons (Fsp3) is 0.409. The third-order valence-corrected chi connectivity index (χ3v) is 5.11. The number of carbonyl (C=O) groups excluding carboxylic acids is 1. The van der Waals surface area contributed by atoms with E-state index >= 15 is 0 Å². The second-order valence-electron chi connectivity index (χ2n) is 7.09. The van der Waals surface area contributed by atoms with Crippen molar-refractivity contribution in [1.29, 1.82) is 0 Å². The Bertz CT molecular complexity index is 704. The molecule has 26 heavy (non-hydrogen) atoms. The van der Waals surface area contributed by atoms with E-state index in [2.05, 4.69) is 41.4 Å². The van der Waals surface area contributed by atoms with Gasteiger partial charge in [-0.25, -0.2) is 4.39 Å². The molecule has 138 valence electrons. The Balaban J connectivity index is 1.73. The Labute approximate surface area is 155 Å². The number of benzene rings is 2. The molecule has 0 saturated carbocycles. The lowest BCUT2D eigenvalue weighted by Gasteiger charge is -2.31. The largest absolute Gasteiger partial charge is 0.350 e. The fourth-order valence-electron chi connectivity index (χ4n) is 3.55. The second-order valence-corrected chi connectivity index (χ2v) is 7.09. The summed E-state index contributed by atoms with van der Waals surface area (Å²) in [5, 5.41) is 3.05. The Morgan fingerprint density at radius 3 is 2.23 bits per heavy atom. The maximum absolute atomic E-state index is 13.1. The van der Waals surface area contributed by atoms with Crippen LogP contribution in [0.5, 0.6) is 0 Å². The summed E-state index contributed by atoms with van der Waals surface area (Å²) in [4.78, 5) is 14.9. The first-order valence-corrected chi connectivity index (χ1v) is 9.48. The molecule has 4 heteroatoms. The van der Waals surface area contributed by atoms with Gasteiger partial charge in [-0.05, 0) is 62.7 Å². The number of rotatable bonds is 5. The number of nitrogens with zero attached hydrogens (tertiary/aromatic N) is 1. The lowest BCUT2D eigenvalue weighted by Crippen LogP contribution is -2.38. The third-order valence-electron chi connectivity index (χ3n) is 5.11. The molecule has 1 saturated heterocycles. The number of hydrogen-bond acceptors (Lipinski definition) is 2. The Hall–Kier alpha value is -2.20. The summed E-state index contributed by atoms with van der Waals surface area (Å²) in [5.41, 5.74) is 2.96. The van der Waals surface area contributed by atoms with E-state index < -0.39 is 0 Å². The van der Waals surface area contributed by atoms with Gasteiger partial charge in [0.25, 0.3) is 5.91 Å². The second kappa shape index (κ2) is 8.95. The minimum atomic E-state index is -0.330. The molecule has 1 aliphatic heterocycles. The predicted molar refractivity (Wildman–Crippen MR) is 103 cm³/mol. The van der Waals surface area contributed by atoms with Crippen LogP contribution in [0, 0.1) is 12.7 Å².